The molecule has 4 aliphatic carbocycles. The van der Waals surface area contributed by atoms with Crippen LogP contribution in [-0.4, -0.2) is 18.1 Å². The molecule has 4 aliphatic rings. The minimum absolute atomic E-state index is 0.201. The van der Waals surface area contributed by atoms with E-state index in [2.05, 4.69) is 12.4 Å². The average Bonchev–Trinajstić information content (AvgIpc) is 1.99. The van der Waals surface area contributed by atoms with E-state index >= 15 is 0 Å². The van der Waals surface area contributed by atoms with E-state index in [4.69, 9.17) is 5.73 Å². The topological polar surface area (TPSA) is 38.0 Å². The van der Waals surface area contributed by atoms with Crippen molar-refractivity contribution >= 4 is 0 Å². The van der Waals surface area contributed by atoms with Gasteiger partial charge in [0, 0.05) is 11.1 Å². The van der Waals surface area contributed by atoms with Gasteiger partial charge in [0.05, 0.1) is 0 Å². The fourth-order valence-corrected chi connectivity index (χ4v) is 4.63. The largest absolute Gasteiger partial charge is 0.325 e. The maximum atomic E-state index is 6.44. The Bertz CT molecular complexity index is 222. The Balaban J connectivity index is 1.95. The van der Waals surface area contributed by atoms with Crippen LogP contribution in [0.25, 0.3) is 0 Å². The maximum Gasteiger partial charge on any atom is 0.0201 e. The van der Waals surface area contributed by atoms with Crippen molar-refractivity contribution in [1.82, 2.24) is 5.32 Å². The standard InChI is InChI=1S/C11H20N2/c1-13-11-5-8-2-9(6-11)4-10(12,3-8)7-11/h8-9,13H,2-7,12H2,1H3. The summed E-state index contributed by atoms with van der Waals surface area (Å²) in [4.78, 5) is 0. The number of hydrogen-bond donors (Lipinski definition) is 2. The van der Waals surface area contributed by atoms with Gasteiger partial charge in [-0.2, -0.15) is 0 Å². The summed E-state index contributed by atoms with van der Waals surface area (Å²) in [5, 5.41) is 3.55. The molecule has 0 radical (unpaired) electrons. The zero-order valence-electron chi connectivity index (χ0n) is 8.47. The summed E-state index contributed by atoms with van der Waals surface area (Å²) in [6.07, 6.45) is 8.06. The van der Waals surface area contributed by atoms with Crippen molar-refractivity contribution in [3.63, 3.8) is 0 Å². The molecule has 0 spiro atoms. The van der Waals surface area contributed by atoms with Crippen LogP contribution in [0.5, 0.6) is 0 Å². The van der Waals surface area contributed by atoms with Gasteiger partial charge in [0.2, 0.25) is 0 Å². The molecule has 13 heavy (non-hydrogen) atoms. The SMILES string of the molecule is CNC12CC3CC(CC(N)(C3)C1)C2. The minimum Gasteiger partial charge on any atom is -0.325 e. The number of nitrogens with one attached hydrogen (secondary N) is 1. The second-order valence-corrected chi connectivity index (χ2v) is 5.85. The van der Waals surface area contributed by atoms with Gasteiger partial charge in [0.1, 0.15) is 0 Å². The lowest BCUT2D eigenvalue weighted by Gasteiger charge is -2.61. The normalized spacial score (nSPS) is 58.6. The fourth-order valence-electron chi connectivity index (χ4n) is 4.63. The second-order valence-electron chi connectivity index (χ2n) is 5.85. The Labute approximate surface area is 80.3 Å². The van der Waals surface area contributed by atoms with Gasteiger partial charge in [0.25, 0.3) is 0 Å². The van der Waals surface area contributed by atoms with E-state index < -0.39 is 0 Å². The molecule has 0 heterocycles. The summed E-state index contributed by atoms with van der Waals surface area (Å²) in [6, 6.07) is 0. The maximum absolute atomic E-state index is 6.44. The predicted molar refractivity (Wildman–Crippen MR) is 53.4 cm³/mol. The van der Waals surface area contributed by atoms with Gasteiger partial charge in [-0.25, -0.2) is 0 Å². The highest BCUT2D eigenvalue weighted by Crippen LogP contribution is 2.56. The van der Waals surface area contributed by atoms with E-state index in [0.29, 0.717) is 5.54 Å². The van der Waals surface area contributed by atoms with Crippen LogP contribution in [0.15, 0.2) is 0 Å². The van der Waals surface area contributed by atoms with Crippen molar-refractivity contribution in [3.8, 4) is 0 Å². The van der Waals surface area contributed by atoms with E-state index in [1.165, 1.54) is 38.5 Å². The Morgan fingerprint density at radius 3 is 2.23 bits per heavy atom. The molecule has 2 nitrogen and oxygen atoms in total. The van der Waals surface area contributed by atoms with E-state index in [1.54, 1.807) is 0 Å². The monoisotopic (exact) mass is 180 g/mol. The third kappa shape index (κ3) is 1.08. The number of hydrogen-bond acceptors (Lipinski definition) is 2. The van der Waals surface area contributed by atoms with Crippen molar-refractivity contribution in [2.75, 3.05) is 7.05 Å². The van der Waals surface area contributed by atoms with E-state index in [1.807, 2.05) is 0 Å². The quantitative estimate of drug-likeness (QED) is 0.637. The molecule has 4 fully saturated rings. The molecule has 0 saturated heterocycles. The van der Waals surface area contributed by atoms with Crippen LogP contribution in [0.3, 0.4) is 0 Å². The highest BCUT2D eigenvalue weighted by atomic mass is 15.0. The zero-order chi connectivity index (χ0) is 9.10. The van der Waals surface area contributed by atoms with E-state index in [9.17, 15) is 0 Å². The van der Waals surface area contributed by atoms with E-state index in [0.717, 1.165) is 11.8 Å². The van der Waals surface area contributed by atoms with Crippen LogP contribution in [0.2, 0.25) is 0 Å². The molecule has 0 aliphatic heterocycles. The lowest BCUT2D eigenvalue weighted by molar-refractivity contribution is -0.0321. The predicted octanol–water partition coefficient (Wildman–Crippen LogP) is 1.26. The molecule has 4 saturated carbocycles. The van der Waals surface area contributed by atoms with Gasteiger partial charge in [-0.05, 0) is 57.4 Å². The lowest BCUT2D eigenvalue weighted by atomic mass is 9.50. The molecule has 74 valence electrons. The molecule has 0 aromatic carbocycles. The molecule has 3 N–H and O–H groups in total. The van der Waals surface area contributed by atoms with Gasteiger partial charge in [0.15, 0.2) is 0 Å². The van der Waals surface area contributed by atoms with Crippen LogP contribution >= 0.6 is 0 Å². The highest BCUT2D eigenvalue weighted by Gasteiger charge is 2.55. The Morgan fingerprint density at radius 1 is 1.15 bits per heavy atom. The summed E-state index contributed by atoms with van der Waals surface area (Å²) in [7, 11) is 2.12. The van der Waals surface area contributed by atoms with E-state index in [-0.39, 0.29) is 5.54 Å². The Hall–Kier alpha value is -0.0800. The van der Waals surface area contributed by atoms with Gasteiger partial charge in [-0.15, -0.1) is 0 Å². The van der Waals surface area contributed by atoms with Crippen LogP contribution < -0.4 is 11.1 Å². The van der Waals surface area contributed by atoms with Crippen molar-refractivity contribution in [2.45, 2.75) is 49.6 Å². The average molecular weight is 180 g/mol. The minimum atomic E-state index is 0.201. The molecular formula is C11H20N2. The summed E-state index contributed by atoms with van der Waals surface area (Å²) < 4.78 is 0. The van der Waals surface area contributed by atoms with Crippen molar-refractivity contribution in [3.05, 3.63) is 0 Å². The van der Waals surface area contributed by atoms with Crippen molar-refractivity contribution in [1.29, 1.82) is 0 Å². The highest BCUT2D eigenvalue weighted by molar-refractivity contribution is 5.13. The van der Waals surface area contributed by atoms with Crippen LogP contribution in [-0.2, 0) is 0 Å². The van der Waals surface area contributed by atoms with Crippen LogP contribution in [0.1, 0.15) is 38.5 Å². The molecule has 2 atom stereocenters. The molecular weight excluding hydrogens is 160 g/mol. The van der Waals surface area contributed by atoms with Crippen molar-refractivity contribution < 1.29 is 0 Å². The van der Waals surface area contributed by atoms with Gasteiger partial charge >= 0.3 is 0 Å². The molecule has 0 aromatic heterocycles. The lowest BCUT2D eigenvalue weighted by Crippen LogP contribution is -2.66. The Morgan fingerprint density at radius 2 is 1.77 bits per heavy atom. The summed E-state index contributed by atoms with van der Waals surface area (Å²) in [6.45, 7) is 0. The first-order valence-electron chi connectivity index (χ1n) is 5.61. The summed E-state index contributed by atoms with van der Waals surface area (Å²) in [5.74, 6) is 1.86. The first-order chi connectivity index (χ1) is 6.13. The van der Waals surface area contributed by atoms with Crippen LogP contribution in [0.4, 0.5) is 0 Å². The smallest absolute Gasteiger partial charge is 0.0201 e. The summed E-state index contributed by atoms with van der Waals surface area (Å²) >= 11 is 0. The molecule has 2 heteroatoms. The zero-order valence-corrected chi connectivity index (χ0v) is 8.47. The fraction of sp³-hybridized carbons (Fsp3) is 1.00. The molecule has 2 unspecified atom stereocenters. The van der Waals surface area contributed by atoms with Gasteiger partial charge in [-0.3, -0.25) is 0 Å². The van der Waals surface area contributed by atoms with Gasteiger partial charge in [-0.1, -0.05) is 0 Å². The number of nitrogens with two attached hydrogens (primary N) is 1. The third-order valence-corrected chi connectivity index (χ3v) is 4.64. The van der Waals surface area contributed by atoms with Crippen LogP contribution in [0, 0.1) is 11.8 Å². The molecule has 4 rings (SSSR count). The van der Waals surface area contributed by atoms with Crippen molar-refractivity contribution in [2.24, 2.45) is 17.6 Å². The Kier molecular flexibility index (Phi) is 1.45. The molecule has 4 bridgehead atoms. The summed E-state index contributed by atoms with van der Waals surface area (Å²) in [5.41, 5.74) is 7.07. The molecule has 0 aromatic rings. The number of rotatable bonds is 1. The first kappa shape index (κ1) is 8.25. The molecule has 0 amide bonds. The second kappa shape index (κ2) is 2.29. The van der Waals surface area contributed by atoms with Gasteiger partial charge < -0.3 is 11.1 Å². The first-order valence-corrected chi connectivity index (χ1v) is 5.61. The third-order valence-electron chi connectivity index (χ3n) is 4.64.